The number of ketones is 2. The second-order valence-corrected chi connectivity index (χ2v) is 6.67. The van der Waals surface area contributed by atoms with Crippen LogP contribution in [-0.4, -0.2) is 23.5 Å². The molecule has 0 aromatic heterocycles. The van der Waals surface area contributed by atoms with Crippen molar-refractivity contribution in [1.82, 2.24) is 0 Å². The average molecular weight is 396 g/mol. The first-order valence-corrected chi connectivity index (χ1v) is 9.41. The zero-order chi connectivity index (χ0) is 21.6. The second kappa shape index (κ2) is 9.28. The van der Waals surface area contributed by atoms with Crippen LogP contribution in [0.3, 0.4) is 0 Å². The first-order chi connectivity index (χ1) is 13.8. The molecule has 6 nitrogen and oxygen atoms in total. The van der Waals surface area contributed by atoms with E-state index in [9.17, 15) is 19.2 Å². The van der Waals surface area contributed by atoms with E-state index in [2.05, 4.69) is 0 Å². The lowest BCUT2D eigenvalue weighted by atomic mass is 9.82. The maximum Gasteiger partial charge on any atom is 0.328 e. The first-order valence-electron chi connectivity index (χ1n) is 9.41. The minimum absolute atomic E-state index is 0.0909. The molecule has 0 fully saturated rings. The Morgan fingerprint density at radius 2 is 1.03 bits per heavy atom. The van der Waals surface area contributed by atoms with E-state index in [0.717, 1.165) is 0 Å². The molecule has 0 amide bonds. The van der Waals surface area contributed by atoms with Gasteiger partial charge in [-0.1, -0.05) is 38.1 Å². The zero-order valence-electron chi connectivity index (χ0n) is 17.0. The summed E-state index contributed by atoms with van der Waals surface area (Å²) in [5.74, 6) is -1.95. The van der Waals surface area contributed by atoms with Gasteiger partial charge >= 0.3 is 11.9 Å². The smallest absolute Gasteiger partial charge is 0.328 e. The van der Waals surface area contributed by atoms with Gasteiger partial charge in [0.05, 0.1) is 11.1 Å². The highest BCUT2D eigenvalue weighted by Crippen LogP contribution is 2.33. The molecule has 0 bridgehead atoms. The minimum Gasteiger partial charge on any atom is -0.425 e. The number of ether oxygens (including phenoxy) is 2. The SMILES string of the molecule is CCC(CC)(C(=O)Oc1ccccc1C(C)=O)C(=O)Oc1ccccc1C(C)=O. The van der Waals surface area contributed by atoms with Gasteiger partial charge in [-0.25, -0.2) is 0 Å². The normalized spacial score (nSPS) is 10.9. The maximum atomic E-state index is 13.0. The molecular formula is C23H24O6. The average Bonchev–Trinajstić information content (AvgIpc) is 2.70. The van der Waals surface area contributed by atoms with Crippen molar-refractivity contribution < 1.29 is 28.7 Å². The third-order valence-corrected chi connectivity index (χ3v) is 4.93. The highest BCUT2D eigenvalue weighted by molar-refractivity contribution is 6.04. The van der Waals surface area contributed by atoms with Gasteiger partial charge in [0.2, 0.25) is 0 Å². The molecule has 2 rings (SSSR count). The van der Waals surface area contributed by atoms with Gasteiger partial charge in [-0.2, -0.15) is 0 Å². The quantitative estimate of drug-likeness (QED) is 0.284. The molecule has 0 spiro atoms. The molecule has 0 heterocycles. The van der Waals surface area contributed by atoms with Crippen LogP contribution in [-0.2, 0) is 9.59 Å². The second-order valence-electron chi connectivity index (χ2n) is 6.67. The van der Waals surface area contributed by atoms with E-state index in [1.54, 1.807) is 50.2 Å². The topological polar surface area (TPSA) is 86.7 Å². The summed E-state index contributed by atoms with van der Waals surface area (Å²) in [6.45, 7) is 6.10. The van der Waals surface area contributed by atoms with E-state index >= 15 is 0 Å². The molecule has 29 heavy (non-hydrogen) atoms. The Labute approximate surface area is 169 Å². The third kappa shape index (κ3) is 4.59. The first kappa shape index (κ1) is 22.0. The van der Waals surface area contributed by atoms with Gasteiger partial charge in [0.25, 0.3) is 0 Å². The van der Waals surface area contributed by atoms with Gasteiger partial charge in [-0.3, -0.25) is 19.2 Å². The van der Waals surface area contributed by atoms with Crippen LogP contribution in [0.4, 0.5) is 0 Å². The number of esters is 2. The van der Waals surface area contributed by atoms with E-state index in [4.69, 9.17) is 9.47 Å². The standard InChI is InChI=1S/C23H24O6/c1-5-23(6-2,21(26)28-19-13-9-7-11-17(19)15(3)24)22(27)29-20-14-10-8-12-18(20)16(4)25/h7-14H,5-6H2,1-4H3. The third-order valence-electron chi connectivity index (χ3n) is 4.93. The van der Waals surface area contributed by atoms with Gasteiger partial charge in [-0.05, 0) is 51.0 Å². The summed E-state index contributed by atoms with van der Waals surface area (Å²) in [4.78, 5) is 49.6. The largest absolute Gasteiger partial charge is 0.425 e. The summed E-state index contributed by atoms with van der Waals surface area (Å²) in [6, 6.07) is 12.7. The molecule has 0 atom stereocenters. The Morgan fingerprint density at radius 1 is 0.690 bits per heavy atom. The molecule has 0 aliphatic carbocycles. The fraction of sp³-hybridized carbons (Fsp3) is 0.304. The number of hydrogen-bond acceptors (Lipinski definition) is 6. The molecule has 0 unspecified atom stereocenters. The molecule has 0 saturated carbocycles. The molecule has 0 aliphatic rings. The summed E-state index contributed by atoms with van der Waals surface area (Å²) in [7, 11) is 0. The molecule has 6 heteroatoms. The van der Waals surface area contributed by atoms with Crippen molar-refractivity contribution >= 4 is 23.5 Å². The van der Waals surface area contributed by atoms with Crippen LogP contribution in [0.1, 0.15) is 61.3 Å². The van der Waals surface area contributed by atoms with E-state index in [-0.39, 0.29) is 47.0 Å². The zero-order valence-corrected chi connectivity index (χ0v) is 17.0. The molecule has 0 saturated heterocycles. The number of hydrogen-bond donors (Lipinski definition) is 0. The number of benzene rings is 2. The molecule has 2 aromatic carbocycles. The van der Waals surface area contributed by atoms with Gasteiger partial charge in [0, 0.05) is 0 Å². The predicted molar refractivity (Wildman–Crippen MR) is 107 cm³/mol. The Balaban J connectivity index is 2.36. The number of carbonyl (C=O) groups is 4. The molecule has 0 N–H and O–H groups in total. The number of carbonyl (C=O) groups excluding carboxylic acids is 4. The monoisotopic (exact) mass is 396 g/mol. The van der Waals surface area contributed by atoms with Crippen LogP contribution < -0.4 is 9.47 Å². The number of para-hydroxylation sites is 2. The summed E-state index contributed by atoms with van der Waals surface area (Å²) in [5.41, 5.74) is -1.08. The van der Waals surface area contributed by atoms with Crippen molar-refractivity contribution in [1.29, 1.82) is 0 Å². The van der Waals surface area contributed by atoms with E-state index in [1.807, 2.05) is 0 Å². The Bertz CT molecular complexity index is 866. The number of rotatable bonds is 8. The van der Waals surface area contributed by atoms with Crippen LogP contribution in [0.2, 0.25) is 0 Å². The highest BCUT2D eigenvalue weighted by atomic mass is 16.6. The molecule has 2 aromatic rings. The lowest BCUT2D eigenvalue weighted by molar-refractivity contribution is -0.161. The van der Waals surface area contributed by atoms with Crippen LogP contribution >= 0.6 is 0 Å². The Kier molecular flexibility index (Phi) is 7.04. The maximum absolute atomic E-state index is 13.0. The van der Waals surface area contributed by atoms with Gasteiger partial charge in [-0.15, -0.1) is 0 Å². The van der Waals surface area contributed by atoms with Crippen molar-refractivity contribution in [2.24, 2.45) is 5.41 Å². The van der Waals surface area contributed by atoms with Crippen molar-refractivity contribution in [3.63, 3.8) is 0 Å². The van der Waals surface area contributed by atoms with E-state index < -0.39 is 17.4 Å². The van der Waals surface area contributed by atoms with Crippen molar-refractivity contribution in [3.05, 3.63) is 59.7 Å². The van der Waals surface area contributed by atoms with Gasteiger partial charge < -0.3 is 9.47 Å². The lowest BCUT2D eigenvalue weighted by Crippen LogP contribution is -2.44. The molecule has 0 aliphatic heterocycles. The van der Waals surface area contributed by atoms with E-state index in [0.29, 0.717) is 0 Å². The van der Waals surface area contributed by atoms with Crippen molar-refractivity contribution in [3.8, 4) is 11.5 Å². The fourth-order valence-electron chi connectivity index (χ4n) is 3.00. The van der Waals surface area contributed by atoms with Crippen LogP contribution in [0, 0.1) is 5.41 Å². The fourth-order valence-corrected chi connectivity index (χ4v) is 3.00. The van der Waals surface area contributed by atoms with Gasteiger partial charge in [0.1, 0.15) is 11.5 Å². The van der Waals surface area contributed by atoms with Crippen LogP contribution in [0.5, 0.6) is 11.5 Å². The van der Waals surface area contributed by atoms with Gasteiger partial charge in [0.15, 0.2) is 17.0 Å². The number of Topliss-reactive ketones (excluding diaryl/α,β-unsaturated/α-hetero) is 2. The molecule has 0 radical (unpaired) electrons. The summed E-state index contributed by atoms with van der Waals surface area (Å²) in [6.07, 6.45) is 0.261. The minimum atomic E-state index is -1.58. The van der Waals surface area contributed by atoms with Crippen LogP contribution in [0.15, 0.2) is 48.5 Å². The van der Waals surface area contributed by atoms with Crippen molar-refractivity contribution in [2.45, 2.75) is 40.5 Å². The summed E-state index contributed by atoms with van der Waals surface area (Å²) < 4.78 is 10.9. The van der Waals surface area contributed by atoms with Crippen molar-refractivity contribution in [2.75, 3.05) is 0 Å². The Morgan fingerprint density at radius 3 is 1.34 bits per heavy atom. The summed E-state index contributed by atoms with van der Waals surface area (Å²) in [5, 5.41) is 0. The van der Waals surface area contributed by atoms with E-state index in [1.165, 1.54) is 26.0 Å². The van der Waals surface area contributed by atoms with Crippen LogP contribution in [0.25, 0.3) is 0 Å². The molecular weight excluding hydrogens is 372 g/mol. The Hall–Kier alpha value is -3.28. The highest BCUT2D eigenvalue weighted by Gasteiger charge is 2.47. The lowest BCUT2D eigenvalue weighted by Gasteiger charge is -2.27. The predicted octanol–water partition coefficient (Wildman–Crippen LogP) is 4.41. The summed E-state index contributed by atoms with van der Waals surface area (Å²) >= 11 is 0. The molecule has 152 valence electrons.